The van der Waals surface area contributed by atoms with Crippen LogP contribution in [-0.2, 0) is 31.2 Å². The van der Waals surface area contributed by atoms with Crippen LogP contribution in [0, 0.1) is 27.7 Å². The Morgan fingerprint density at radius 1 is 0.423 bits per heavy atom. The van der Waals surface area contributed by atoms with Crippen molar-refractivity contribution >= 4 is 11.9 Å². The quantitative estimate of drug-likeness (QED) is 0.154. The van der Waals surface area contributed by atoms with Gasteiger partial charge in [0.05, 0.1) is 0 Å². The Hall–Kier alpha value is -4.18. The summed E-state index contributed by atoms with van der Waals surface area (Å²) in [5, 5.41) is 0. The molecular weight excluding hydrogens is 641 g/mol. The number of aryl methyl sites for hydroxylation is 4. The minimum Gasteiger partial charge on any atom is -0.425 e. The number of rotatable bonds is 2. The molecule has 2 heterocycles. The summed E-state index contributed by atoms with van der Waals surface area (Å²) in [6.45, 7) is 34.7. The Bertz CT molecular complexity index is 1900. The topological polar surface area (TPSA) is 52.6 Å². The molecule has 0 aliphatic carbocycles. The highest BCUT2D eigenvalue weighted by Crippen LogP contribution is 2.49. The van der Waals surface area contributed by atoms with Gasteiger partial charge >= 0.3 is 11.9 Å². The summed E-state index contributed by atoms with van der Waals surface area (Å²) in [5.74, 6) is 0.512. The van der Waals surface area contributed by atoms with Crippen molar-refractivity contribution in [3.8, 4) is 11.5 Å². The summed E-state index contributed by atoms with van der Waals surface area (Å²) in [6.07, 6.45) is 0. The summed E-state index contributed by atoms with van der Waals surface area (Å²) in [7, 11) is 0. The smallest absolute Gasteiger partial charge is 0.323 e. The first kappa shape index (κ1) is 39.0. The number of hydrogen-bond acceptors (Lipinski definition) is 4. The highest BCUT2D eigenvalue weighted by atomic mass is 16.5. The average Bonchev–Trinajstić information content (AvgIpc) is 3.52. The maximum absolute atomic E-state index is 12.8. The number of esters is 2. The van der Waals surface area contributed by atoms with Crippen LogP contribution >= 0.6 is 0 Å². The number of fused-ring (bicyclic) bond motifs is 2. The zero-order chi connectivity index (χ0) is 38.9. The molecule has 0 N–H and O–H groups in total. The molecule has 4 nitrogen and oxygen atoms in total. The van der Waals surface area contributed by atoms with E-state index in [9.17, 15) is 9.59 Å². The molecule has 52 heavy (non-hydrogen) atoms. The van der Waals surface area contributed by atoms with Gasteiger partial charge in [-0.15, -0.1) is 0 Å². The molecule has 4 heteroatoms. The van der Waals surface area contributed by atoms with Crippen LogP contribution < -0.4 is 9.47 Å². The summed E-state index contributed by atoms with van der Waals surface area (Å²) in [5.41, 5.74) is 13.5. The van der Waals surface area contributed by atoms with Crippen molar-refractivity contribution in [1.82, 2.24) is 0 Å². The minimum atomic E-state index is -0.340. The van der Waals surface area contributed by atoms with Crippen molar-refractivity contribution in [2.45, 2.75) is 144 Å². The van der Waals surface area contributed by atoms with Crippen molar-refractivity contribution in [1.29, 1.82) is 0 Å². The predicted molar refractivity (Wildman–Crippen MR) is 214 cm³/mol. The Balaban J connectivity index is 0.000000201. The molecule has 0 amide bonds. The van der Waals surface area contributed by atoms with Gasteiger partial charge in [-0.1, -0.05) is 144 Å². The predicted octanol–water partition coefficient (Wildman–Crippen LogP) is 11.9. The van der Waals surface area contributed by atoms with Crippen molar-refractivity contribution in [3.63, 3.8) is 0 Å². The fraction of sp³-hybridized carbons (Fsp3) is 0.458. The molecule has 4 aromatic carbocycles. The molecule has 0 bridgehead atoms. The first-order valence-electron chi connectivity index (χ1n) is 18.7. The molecule has 4 aromatic rings. The van der Waals surface area contributed by atoms with Gasteiger partial charge in [0, 0.05) is 22.3 Å². The van der Waals surface area contributed by atoms with E-state index >= 15 is 0 Å². The van der Waals surface area contributed by atoms with Crippen molar-refractivity contribution < 1.29 is 19.1 Å². The van der Waals surface area contributed by atoms with E-state index in [1.54, 1.807) is 0 Å². The van der Waals surface area contributed by atoms with E-state index in [1.807, 2.05) is 0 Å². The first-order chi connectivity index (χ1) is 23.8. The minimum absolute atomic E-state index is 0.00834. The second kappa shape index (κ2) is 13.3. The van der Waals surface area contributed by atoms with Crippen LogP contribution in [0.15, 0.2) is 60.7 Å². The average molecular weight is 701 g/mol. The zero-order valence-corrected chi connectivity index (χ0v) is 34.6. The van der Waals surface area contributed by atoms with Gasteiger partial charge in [-0.05, 0) is 93.9 Å². The zero-order valence-electron chi connectivity index (χ0n) is 34.6. The van der Waals surface area contributed by atoms with Crippen LogP contribution in [0.4, 0.5) is 0 Å². The molecule has 0 radical (unpaired) electrons. The SMILES string of the molecule is Cc1ccc(C2C(=O)Oc3c2cc(C(C)(C)C)cc3C(C)(C)C)cc1C.Cc1ccc(C2C(=O)Oc3c2cc(C(C)(C)C)cc3C(C)(C)C)cc1C. The van der Waals surface area contributed by atoms with E-state index < -0.39 is 0 Å². The van der Waals surface area contributed by atoms with Gasteiger partial charge in [-0.25, -0.2) is 0 Å². The van der Waals surface area contributed by atoms with E-state index in [0.29, 0.717) is 0 Å². The molecular formula is C48H60O4. The van der Waals surface area contributed by atoms with Gasteiger partial charge in [0.2, 0.25) is 0 Å². The third-order valence-corrected chi connectivity index (χ3v) is 10.8. The van der Waals surface area contributed by atoms with Gasteiger partial charge in [0.15, 0.2) is 0 Å². The molecule has 6 rings (SSSR count). The molecule has 2 aliphatic heterocycles. The summed E-state index contributed by atoms with van der Waals surface area (Å²) in [6, 6.07) is 21.3. The van der Waals surface area contributed by atoms with Crippen molar-refractivity contribution in [2.24, 2.45) is 0 Å². The summed E-state index contributed by atoms with van der Waals surface area (Å²) < 4.78 is 11.7. The van der Waals surface area contributed by atoms with E-state index in [4.69, 9.17) is 9.47 Å². The lowest BCUT2D eigenvalue weighted by molar-refractivity contribution is -0.134. The van der Waals surface area contributed by atoms with Crippen LogP contribution in [0.1, 0.15) is 162 Å². The van der Waals surface area contributed by atoms with Crippen LogP contribution in [0.5, 0.6) is 11.5 Å². The fourth-order valence-corrected chi connectivity index (χ4v) is 7.03. The van der Waals surface area contributed by atoms with Gasteiger partial charge in [-0.3, -0.25) is 9.59 Å². The van der Waals surface area contributed by atoms with Crippen molar-refractivity contribution in [2.75, 3.05) is 0 Å². The van der Waals surface area contributed by atoms with E-state index in [1.165, 1.54) is 33.4 Å². The highest BCUT2D eigenvalue weighted by molar-refractivity contribution is 5.91. The monoisotopic (exact) mass is 700 g/mol. The molecule has 2 unspecified atom stereocenters. The normalized spacial score (nSPS) is 17.2. The largest absolute Gasteiger partial charge is 0.425 e. The number of ether oxygens (including phenoxy) is 2. The van der Waals surface area contributed by atoms with Gasteiger partial charge < -0.3 is 9.47 Å². The summed E-state index contributed by atoms with van der Waals surface area (Å²) >= 11 is 0. The third kappa shape index (κ3) is 7.63. The number of benzene rings is 4. The lowest BCUT2D eigenvalue weighted by Crippen LogP contribution is -2.17. The molecule has 2 atom stereocenters. The second-order valence-corrected chi connectivity index (χ2v) is 19.3. The van der Waals surface area contributed by atoms with Gasteiger partial charge in [0.25, 0.3) is 0 Å². The Morgan fingerprint density at radius 2 is 0.750 bits per heavy atom. The van der Waals surface area contributed by atoms with Crippen LogP contribution in [0.3, 0.4) is 0 Å². The Labute approximate surface area is 313 Å². The second-order valence-electron chi connectivity index (χ2n) is 19.3. The molecule has 2 aliphatic rings. The number of hydrogen-bond donors (Lipinski definition) is 0. The molecule has 0 spiro atoms. The molecule has 0 fully saturated rings. The first-order valence-corrected chi connectivity index (χ1v) is 18.7. The molecule has 0 saturated carbocycles. The standard InChI is InChI=1S/2C24H30O2/c2*1-14-9-10-16(11-15(14)2)20-18-12-17(23(3,4)5)13-19(24(6,7)8)21(18)26-22(20)25/h2*9-13,20H,1-8H3. The molecule has 276 valence electrons. The third-order valence-electron chi connectivity index (χ3n) is 10.8. The lowest BCUT2D eigenvalue weighted by atomic mass is 9.77. The van der Waals surface area contributed by atoms with E-state index in [-0.39, 0.29) is 45.4 Å². The van der Waals surface area contributed by atoms with Crippen LogP contribution in [0.25, 0.3) is 0 Å². The maximum Gasteiger partial charge on any atom is 0.323 e. The van der Waals surface area contributed by atoms with E-state index in [0.717, 1.165) is 44.9 Å². The van der Waals surface area contributed by atoms with Crippen molar-refractivity contribution in [3.05, 3.63) is 127 Å². The molecule has 0 aromatic heterocycles. The Morgan fingerprint density at radius 3 is 1.02 bits per heavy atom. The molecule has 0 saturated heterocycles. The highest BCUT2D eigenvalue weighted by Gasteiger charge is 2.41. The van der Waals surface area contributed by atoms with Crippen LogP contribution in [0.2, 0.25) is 0 Å². The van der Waals surface area contributed by atoms with E-state index in [2.05, 4.69) is 171 Å². The summed E-state index contributed by atoms with van der Waals surface area (Å²) in [4.78, 5) is 25.7. The number of carbonyl (C=O) groups is 2. The lowest BCUT2D eigenvalue weighted by Gasteiger charge is -2.27. The fourth-order valence-electron chi connectivity index (χ4n) is 7.03. The van der Waals surface area contributed by atoms with Crippen LogP contribution in [-0.4, -0.2) is 11.9 Å². The Kier molecular flexibility index (Phi) is 10.0. The number of carbonyl (C=O) groups excluding carboxylic acids is 2. The maximum atomic E-state index is 12.8. The van der Waals surface area contributed by atoms with Gasteiger partial charge in [-0.2, -0.15) is 0 Å². The van der Waals surface area contributed by atoms with Gasteiger partial charge in [0.1, 0.15) is 23.3 Å².